The fourth-order valence-corrected chi connectivity index (χ4v) is 1.73. The zero-order chi connectivity index (χ0) is 8.44. The number of hydrogen-bond acceptors (Lipinski definition) is 1. The minimum Gasteiger partial charge on any atom is -0.378 e. The van der Waals surface area contributed by atoms with E-state index in [1.807, 2.05) is 0 Å². The second kappa shape index (κ2) is 3.11. The van der Waals surface area contributed by atoms with Crippen LogP contribution in [0.5, 0.6) is 0 Å². The van der Waals surface area contributed by atoms with Gasteiger partial charge in [0, 0.05) is 5.92 Å². The van der Waals surface area contributed by atoms with Crippen molar-refractivity contribution < 1.29 is 5.11 Å². The van der Waals surface area contributed by atoms with Crippen molar-refractivity contribution in [2.75, 3.05) is 0 Å². The largest absolute Gasteiger partial charge is 0.378 e. The lowest BCUT2D eigenvalue weighted by molar-refractivity contribution is 0.212. The van der Waals surface area contributed by atoms with E-state index in [1.165, 1.54) is 32.1 Å². The van der Waals surface area contributed by atoms with E-state index in [0.717, 1.165) is 12.8 Å². The van der Waals surface area contributed by atoms with E-state index < -0.39 is 5.60 Å². The lowest BCUT2D eigenvalue weighted by Crippen LogP contribution is -2.06. The Hall–Kier alpha value is -0.480. The monoisotopic (exact) mass is 164 g/mol. The van der Waals surface area contributed by atoms with Crippen molar-refractivity contribution in [1.29, 1.82) is 0 Å². The molecule has 0 heterocycles. The van der Waals surface area contributed by atoms with Gasteiger partial charge < -0.3 is 5.11 Å². The van der Waals surface area contributed by atoms with Crippen LogP contribution in [0.3, 0.4) is 0 Å². The van der Waals surface area contributed by atoms with Gasteiger partial charge in [0.2, 0.25) is 0 Å². The summed E-state index contributed by atoms with van der Waals surface area (Å²) in [6, 6.07) is 0. The van der Waals surface area contributed by atoms with Gasteiger partial charge in [-0.2, -0.15) is 0 Å². The molecule has 0 aromatic rings. The molecule has 1 heteroatoms. The molecule has 2 rings (SSSR count). The lowest BCUT2D eigenvalue weighted by Gasteiger charge is -2.15. The Labute approximate surface area is 74.2 Å². The van der Waals surface area contributed by atoms with Gasteiger partial charge in [0.25, 0.3) is 0 Å². The van der Waals surface area contributed by atoms with Crippen LogP contribution in [0.2, 0.25) is 0 Å². The Kier molecular flexibility index (Phi) is 2.11. The summed E-state index contributed by atoms with van der Waals surface area (Å²) in [7, 11) is 0. The Morgan fingerprint density at radius 3 is 2.33 bits per heavy atom. The van der Waals surface area contributed by atoms with Gasteiger partial charge in [-0.25, -0.2) is 0 Å². The van der Waals surface area contributed by atoms with Crippen LogP contribution in [0.1, 0.15) is 44.9 Å². The molecule has 0 unspecified atom stereocenters. The normalized spacial score (nSPS) is 27.4. The topological polar surface area (TPSA) is 20.2 Å². The van der Waals surface area contributed by atoms with E-state index in [9.17, 15) is 5.11 Å². The standard InChI is InChI=1S/C11H16O/c12-11(8-9-11)7-6-10-4-2-1-3-5-10/h10,12H,1-5,8-9H2. The first kappa shape index (κ1) is 8.13. The first-order chi connectivity index (χ1) is 5.79. The second-order valence-electron chi connectivity index (χ2n) is 4.14. The number of aliphatic hydroxyl groups is 1. The summed E-state index contributed by atoms with van der Waals surface area (Å²) in [5.74, 6) is 6.82. The Morgan fingerprint density at radius 1 is 1.08 bits per heavy atom. The van der Waals surface area contributed by atoms with Crippen LogP contribution >= 0.6 is 0 Å². The number of rotatable bonds is 0. The molecule has 1 N–H and O–H groups in total. The van der Waals surface area contributed by atoms with Crippen LogP contribution in [0, 0.1) is 17.8 Å². The Balaban J connectivity index is 1.86. The highest BCUT2D eigenvalue weighted by molar-refractivity contribution is 5.22. The molecule has 0 aromatic carbocycles. The minimum absolute atomic E-state index is 0.558. The van der Waals surface area contributed by atoms with Gasteiger partial charge in [-0.15, -0.1) is 0 Å². The van der Waals surface area contributed by atoms with Crippen LogP contribution in [-0.4, -0.2) is 10.7 Å². The van der Waals surface area contributed by atoms with Crippen LogP contribution < -0.4 is 0 Å². The van der Waals surface area contributed by atoms with Gasteiger partial charge in [0.1, 0.15) is 5.60 Å². The molecule has 66 valence electrons. The summed E-state index contributed by atoms with van der Waals surface area (Å²) in [5.41, 5.74) is -0.558. The number of hydrogen-bond donors (Lipinski definition) is 1. The first-order valence-electron chi connectivity index (χ1n) is 5.04. The molecular weight excluding hydrogens is 148 g/mol. The molecule has 1 nitrogen and oxygen atoms in total. The third-order valence-electron chi connectivity index (χ3n) is 2.84. The molecule has 0 atom stereocenters. The fourth-order valence-electron chi connectivity index (χ4n) is 1.73. The van der Waals surface area contributed by atoms with Crippen molar-refractivity contribution in [2.45, 2.75) is 50.5 Å². The molecule has 12 heavy (non-hydrogen) atoms. The van der Waals surface area contributed by atoms with Gasteiger partial charge in [0.05, 0.1) is 0 Å². The predicted molar refractivity (Wildman–Crippen MR) is 48.5 cm³/mol. The molecular formula is C11H16O. The summed E-state index contributed by atoms with van der Waals surface area (Å²) in [6.07, 6.45) is 8.34. The Bertz CT molecular complexity index is 211. The molecule has 0 bridgehead atoms. The summed E-state index contributed by atoms with van der Waals surface area (Å²) in [6.45, 7) is 0. The average Bonchev–Trinajstić information content (AvgIpc) is 2.84. The third kappa shape index (κ3) is 2.01. The average molecular weight is 164 g/mol. The zero-order valence-electron chi connectivity index (χ0n) is 7.47. The molecule has 2 aliphatic rings. The van der Waals surface area contributed by atoms with E-state index in [4.69, 9.17) is 0 Å². The van der Waals surface area contributed by atoms with Gasteiger partial charge >= 0.3 is 0 Å². The molecule has 0 radical (unpaired) electrons. The first-order valence-corrected chi connectivity index (χ1v) is 5.04. The Morgan fingerprint density at radius 2 is 1.75 bits per heavy atom. The van der Waals surface area contributed by atoms with Crippen molar-refractivity contribution >= 4 is 0 Å². The SMILES string of the molecule is OC1(C#CC2CCCCC2)CC1. The lowest BCUT2D eigenvalue weighted by atomic mass is 9.90. The summed E-state index contributed by atoms with van der Waals surface area (Å²) < 4.78 is 0. The highest BCUT2D eigenvalue weighted by atomic mass is 16.3. The van der Waals surface area contributed by atoms with Gasteiger partial charge in [-0.05, 0) is 25.7 Å². The molecule has 0 aromatic heterocycles. The highest BCUT2D eigenvalue weighted by Crippen LogP contribution is 2.34. The van der Waals surface area contributed by atoms with E-state index >= 15 is 0 Å². The van der Waals surface area contributed by atoms with Crippen LogP contribution in [0.15, 0.2) is 0 Å². The van der Waals surface area contributed by atoms with Crippen molar-refractivity contribution in [3.8, 4) is 11.8 Å². The van der Waals surface area contributed by atoms with Gasteiger partial charge in [-0.1, -0.05) is 31.1 Å². The summed E-state index contributed by atoms with van der Waals surface area (Å²) in [5, 5.41) is 9.49. The minimum atomic E-state index is -0.558. The van der Waals surface area contributed by atoms with E-state index in [0.29, 0.717) is 5.92 Å². The van der Waals surface area contributed by atoms with Crippen LogP contribution in [0.4, 0.5) is 0 Å². The maximum atomic E-state index is 9.49. The van der Waals surface area contributed by atoms with Crippen LogP contribution in [0.25, 0.3) is 0 Å². The predicted octanol–water partition coefficient (Wildman–Crippen LogP) is 2.09. The van der Waals surface area contributed by atoms with E-state index in [1.54, 1.807) is 0 Å². The van der Waals surface area contributed by atoms with Crippen molar-refractivity contribution in [1.82, 2.24) is 0 Å². The molecule has 2 fully saturated rings. The maximum Gasteiger partial charge on any atom is 0.125 e. The molecule has 0 spiro atoms. The second-order valence-corrected chi connectivity index (χ2v) is 4.14. The van der Waals surface area contributed by atoms with E-state index in [2.05, 4.69) is 11.8 Å². The molecule has 0 amide bonds. The summed E-state index contributed by atoms with van der Waals surface area (Å²) >= 11 is 0. The van der Waals surface area contributed by atoms with Gasteiger partial charge in [0.15, 0.2) is 0 Å². The highest BCUT2D eigenvalue weighted by Gasteiger charge is 2.38. The van der Waals surface area contributed by atoms with Crippen molar-refractivity contribution in [3.63, 3.8) is 0 Å². The maximum absolute atomic E-state index is 9.49. The fraction of sp³-hybridized carbons (Fsp3) is 0.818. The third-order valence-corrected chi connectivity index (χ3v) is 2.84. The van der Waals surface area contributed by atoms with E-state index in [-0.39, 0.29) is 0 Å². The smallest absolute Gasteiger partial charge is 0.125 e. The van der Waals surface area contributed by atoms with Crippen molar-refractivity contribution in [2.24, 2.45) is 5.92 Å². The zero-order valence-corrected chi connectivity index (χ0v) is 7.47. The quantitative estimate of drug-likeness (QED) is 0.543. The van der Waals surface area contributed by atoms with Crippen molar-refractivity contribution in [3.05, 3.63) is 0 Å². The summed E-state index contributed by atoms with van der Waals surface area (Å²) in [4.78, 5) is 0. The molecule has 0 aliphatic heterocycles. The molecule has 0 saturated heterocycles. The molecule has 2 aliphatic carbocycles. The molecule has 2 saturated carbocycles. The van der Waals surface area contributed by atoms with Gasteiger partial charge in [-0.3, -0.25) is 0 Å². The van der Waals surface area contributed by atoms with Crippen LogP contribution in [-0.2, 0) is 0 Å².